The minimum Gasteiger partial charge on any atom is -0.493 e. The molecule has 162 valence electrons. The Kier molecular flexibility index (Phi) is 6.99. The van der Waals surface area contributed by atoms with Crippen LogP contribution in [0.15, 0.2) is 47.4 Å². The van der Waals surface area contributed by atoms with Gasteiger partial charge in [0.05, 0.1) is 30.6 Å². The van der Waals surface area contributed by atoms with E-state index in [1.165, 1.54) is 25.0 Å². The Balaban J connectivity index is 1.61. The third-order valence-electron chi connectivity index (χ3n) is 5.28. The lowest BCUT2D eigenvalue weighted by Gasteiger charge is -2.19. The maximum absolute atomic E-state index is 12.4. The van der Waals surface area contributed by atoms with Gasteiger partial charge in [-0.15, -0.1) is 0 Å². The number of carbonyl (C=O) groups is 1. The summed E-state index contributed by atoms with van der Waals surface area (Å²) in [5.74, 6) is 1.21. The first kappa shape index (κ1) is 22.1. The Morgan fingerprint density at radius 1 is 1.13 bits per heavy atom. The number of amides is 1. The molecule has 1 unspecified atom stereocenters. The summed E-state index contributed by atoms with van der Waals surface area (Å²) in [5, 5.41) is 8.05. The molecular weight excluding hydrogens is 404 g/mol. The van der Waals surface area contributed by atoms with Crippen molar-refractivity contribution in [3.05, 3.63) is 53.6 Å². The monoisotopic (exact) mass is 432 g/mol. The Hall–Kier alpha value is -2.58. The number of hydrogen-bond acceptors (Lipinski definition) is 5. The van der Waals surface area contributed by atoms with Crippen LogP contribution < -0.4 is 19.9 Å². The standard InChI is InChI=1S/C22H28N2O5S/c1-15(24-22(25)13-16-7-10-19(11-8-16)30(23,26)27)17-9-12-20(21(14-17)28-2)29-18-5-3-4-6-18/h7-12,14-15,18H,3-6,13H2,1-2H3,(H,24,25)(H2,23,26,27). The van der Waals surface area contributed by atoms with Crippen LogP contribution in [0.2, 0.25) is 0 Å². The predicted molar refractivity (Wildman–Crippen MR) is 114 cm³/mol. The minimum atomic E-state index is -3.74. The van der Waals surface area contributed by atoms with Crippen molar-refractivity contribution in [2.45, 2.75) is 56.1 Å². The van der Waals surface area contributed by atoms with Crippen LogP contribution in [-0.4, -0.2) is 27.5 Å². The van der Waals surface area contributed by atoms with Gasteiger partial charge in [0.2, 0.25) is 15.9 Å². The number of nitrogens with two attached hydrogens (primary N) is 1. The van der Waals surface area contributed by atoms with E-state index in [4.69, 9.17) is 14.6 Å². The van der Waals surface area contributed by atoms with E-state index in [2.05, 4.69) is 5.32 Å². The van der Waals surface area contributed by atoms with E-state index in [0.29, 0.717) is 11.3 Å². The van der Waals surface area contributed by atoms with Crippen LogP contribution in [0.4, 0.5) is 0 Å². The van der Waals surface area contributed by atoms with Gasteiger partial charge < -0.3 is 14.8 Å². The maximum atomic E-state index is 12.4. The summed E-state index contributed by atoms with van der Waals surface area (Å²) in [4.78, 5) is 12.4. The zero-order valence-corrected chi connectivity index (χ0v) is 18.1. The fourth-order valence-electron chi connectivity index (χ4n) is 3.59. The summed E-state index contributed by atoms with van der Waals surface area (Å²) >= 11 is 0. The molecule has 1 amide bonds. The van der Waals surface area contributed by atoms with Gasteiger partial charge >= 0.3 is 0 Å². The molecule has 2 aromatic carbocycles. The molecule has 3 N–H and O–H groups in total. The maximum Gasteiger partial charge on any atom is 0.238 e. The van der Waals surface area contributed by atoms with Gasteiger partial charge in [-0.25, -0.2) is 13.6 Å². The molecule has 2 aromatic rings. The number of primary sulfonamides is 1. The van der Waals surface area contributed by atoms with E-state index in [-0.39, 0.29) is 29.4 Å². The van der Waals surface area contributed by atoms with Crippen molar-refractivity contribution >= 4 is 15.9 Å². The van der Waals surface area contributed by atoms with Crippen LogP contribution in [0.25, 0.3) is 0 Å². The van der Waals surface area contributed by atoms with E-state index in [9.17, 15) is 13.2 Å². The van der Waals surface area contributed by atoms with Gasteiger partial charge in [-0.3, -0.25) is 4.79 Å². The second kappa shape index (κ2) is 9.49. The van der Waals surface area contributed by atoms with Crippen molar-refractivity contribution in [3.8, 4) is 11.5 Å². The Bertz CT molecular complexity index is 983. The predicted octanol–water partition coefficient (Wildman–Crippen LogP) is 3.08. The van der Waals surface area contributed by atoms with Crippen molar-refractivity contribution in [3.63, 3.8) is 0 Å². The number of ether oxygens (including phenoxy) is 2. The quantitative estimate of drug-likeness (QED) is 0.666. The first-order valence-corrected chi connectivity index (χ1v) is 11.6. The summed E-state index contributed by atoms with van der Waals surface area (Å²) in [6, 6.07) is 11.4. The topological polar surface area (TPSA) is 108 Å². The molecule has 0 saturated heterocycles. The van der Waals surface area contributed by atoms with E-state index in [1.807, 2.05) is 25.1 Å². The lowest BCUT2D eigenvalue weighted by Crippen LogP contribution is -2.28. The van der Waals surface area contributed by atoms with Crippen molar-refractivity contribution in [2.75, 3.05) is 7.11 Å². The first-order valence-electron chi connectivity index (χ1n) is 10.0. The molecule has 7 nitrogen and oxygen atoms in total. The lowest BCUT2D eigenvalue weighted by molar-refractivity contribution is -0.121. The van der Waals surface area contributed by atoms with Crippen LogP contribution in [-0.2, 0) is 21.2 Å². The molecular formula is C22H28N2O5S. The molecule has 8 heteroatoms. The summed E-state index contributed by atoms with van der Waals surface area (Å²) in [6.45, 7) is 1.90. The third-order valence-corrected chi connectivity index (χ3v) is 6.21. The van der Waals surface area contributed by atoms with Gasteiger partial charge in [0.15, 0.2) is 11.5 Å². The number of nitrogens with one attached hydrogen (secondary N) is 1. The molecule has 0 aromatic heterocycles. The van der Waals surface area contributed by atoms with Gasteiger partial charge in [0.1, 0.15) is 0 Å². The van der Waals surface area contributed by atoms with Crippen molar-refractivity contribution in [1.82, 2.24) is 5.32 Å². The number of sulfonamides is 1. The highest BCUT2D eigenvalue weighted by atomic mass is 32.2. The smallest absolute Gasteiger partial charge is 0.238 e. The number of hydrogen-bond donors (Lipinski definition) is 2. The fourth-order valence-corrected chi connectivity index (χ4v) is 4.11. The van der Waals surface area contributed by atoms with Crippen LogP contribution in [0.1, 0.15) is 49.8 Å². The van der Waals surface area contributed by atoms with Gasteiger partial charge in [-0.1, -0.05) is 18.2 Å². The molecule has 1 atom stereocenters. The van der Waals surface area contributed by atoms with Crippen LogP contribution >= 0.6 is 0 Å². The Morgan fingerprint density at radius 3 is 2.40 bits per heavy atom. The normalized spacial score (nSPS) is 15.6. The molecule has 3 rings (SSSR count). The van der Waals surface area contributed by atoms with E-state index < -0.39 is 10.0 Å². The second-order valence-electron chi connectivity index (χ2n) is 7.59. The molecule has 1 fully saturated rings. The Labute approximate surface area is 177 Å². The molecule has 1 saturated carbocycles. The van der Waals surface area contributed by atoms with Crippen LogP contribution in [0.5, 0.6) is 11.5 Å². The van der Waals surface area contributed by atoms with Gasteiger partial charge in [0, 0.05) is 0 Å². The molecule has 0 heterocycles. The van der Waals surface area contributed by atoms with Crippen molar-refractivity contribution in [2.24, 2.45) is 5.14 Å². The minimum absolute atomic E-state index is 0.0204. The fraction of sp³-hybridized carbons (Fsp3) is 0.409. The van der Waals surface area contributed by atoms with Crippen molar-refractivity contribution in [1.29, 1.82) is 0 Å². The van der Waals surface area contributed by atoms with Crippen LogP contribution in [0, 0.1) is 0 Å². The highest BCUT2D eigenvalue weighted by Gasteiger charge is 2.19. The number of rotatable bonds is 8. The van der Waals surface area contributed by atoms with Gasteiger partial charge in [-0.05, 0) is 68.0 Å². The number of methoxy groups -OCH3 is 1. The first-order chi connectivity index (χ1) is 14.3. The number of benzene rings is 2. The van der Waals surface area contributed by atoms with Crippen molar-refractivity contribution < 1.29 is 22.7 Å². The third kappa shape index (κ3) is 5.73. The molecule has 0 bridgehead atoms. The summed E-state index contributed by atoms with van der Waals surface area (Å²) in [6.07, 6.45) is 4.89. The average Bonchev–Trinajstić information content (AvgIpc) is 3.21. The van der Waals surface area contributed by atoms with Gasteiger partial charge in [-0.2, -0.15) is 0 Å². The molecule has 30 heavy (non-hydrogen) atoms. The van der Waals surface area contributed by atoms with Crippen LogP contribution in [0.3, 0.4) is 0 Å². The lowest BCUT2D eigenvalue weighted by atomic mass is 10.1. The van der Waals surface area contributed by atoms with E-state index >= 15 is 0 Å². The molecule has 0 spiro atoms. The summed E-state index contributed by atoms with van der Waals surface area (Å²) < 4.78 is 34.2. The summed E-state index contributed by atoms with van der Waals surface area (Å²) in [5.41, 5.74) is 1.61. The second-order valence-corrected chi connectivity index (χ2v) is 9.15. The average molecular weight is 433 g/mol. The number of carbonyl (C=O) groups excluding carboxylic acids is 1. The molecule has 0 aliphatic heterocycles. The highest BCUT2D eigenvalue weighted by molar-refractivity contribution is 7.89. The SMILES string of the molecule is COc1cc(C(C)NC(=O)Cc2ccc(S(N)(=O)=O)cc2)ccc1OC1CCCC1. The molecule has 0 radical (unpaired) electrons. The molecule has 1 aliphatic carbocycles. The van der Waals surface area contributed by atoms with Gasteiger partial charge in [0.25, 0.3) is 0 Å². The zero-order chi connectivity index (χ0) is 21.7. The largest absolute Gasteiger partial charge is 0.493 e. The zero-order valence-electron chi connectivity index (χ0n) is 17.3. The Morgan fingerprint density at radius 2 is 1.80 bits per heavy atom. The summed E-state index contributed by atoms with van der Waals surface area (Å²) in [7, 11) is -2.14. The molecule has 1 aliphatic rings. The van der Waals surface area contributed by atoms with E-state index in [1.54, 1.807) is 19.2 Å². The highest BCUT2D eigenvalue weighted by Crippen LogP contribution is 2.33. The van der Waals surface area contributed by atoms with E-state index in [0.717, 1.165) is 24.2 Å².